The lowest BCUT2D eigenvalue weighted by Crippen LogP contribution is -1.99. The fourth-order valence-corrected chi connectivity index (χ4v) is 1.13. The van der Waals surface area contributed by atoms with Crippen molar-refractivity contribution in [2.45, 2.75) is 6.92 Å². The van der Waals surface area contributed by atoms with E-state index in [0.29, 0.717) is 5.89 Å². The quantitative estimate of drug-likeness (QED) is 0.713. The first-order valence-corrected chi connectivity index (χ1v) is 3.88. The van der Waals surface area contributed by atoms with Crippen LogP contribution in [0.1, 0.15) is 5.56 Å². The highest BCUT2D eigenvalue weighted by atomic mass is 16.5. The first-order chi connectivity index (χ1) is 6.25. The lowest BCUT2D eigenvalue weighted by molar-refractivity contribution is 0.424. The van der Waals surface area contributed by atoms with E-state index in [9.17, 15) is 4.79 Å². The minimum atomic E-state index is -0.462. The second kappa shape index (κ2) is 2.90. The van der Waals surface area contributed by atoms with Gasteiger partial charge in [-0.05, 0) is 19.1 Å². The maximum Gasteiger partial charge on any atom is 0.377 e. The van der Waals surface area contributed by atoms with Crippen molar-refractivity contribution in [2.75, 3.05) is 0 Å². The summed E-state index contributed by atoms with van der Waals surface area (Å²) in [5.41, 5.74) is 1.44. The first kappa shape index (κ1) is 7.79. The van der Waals surface area contributed by atoms with Crippen molar-refractivity contribution in [3.8, 4) is 11.5 Å². The van der Waals surface area contributed by atoms with Gasteiger partial charge in [0.1, 0.15) is 0 Å². The number of rotatable bonds is 1. The molecule has 2 rings (SSSR count). The van der Waals surface area contributed by atoms with Crippen LogP contribution in [0.25, 0.3) is 11.5 Å². The lowest BCUT2D eigenvalue weighted by Gasteiger charge is -1.94. The average Bonchev–Trinajstić information content (AvgIpc) is 2.52. The summed E-state index contributed by atoms with van der Waals surface area (Å²) < 4.78 is 4.86. The molecule has 0 fully saturated rings. The molecule has 13 heavy (non-hydrogen) atoms. The summed E-state index contributed by atoms with van der Waals surface area (Å²) in [5, 5.41) is 2.14. The third kappa shape index (κ3) is 1.51. The van der Waals surface area contributed by atoms with Crippen LogP contribution in [0.4, 0.5) is 0 Å². The molecular weight excluding hydrogens is 168 g/mol. The van der Waals surface area contributed by atoms with E-state index in [0.717, 1.165) is 11.1 Å². The SMILES string of the molecule is Cc1cccc(-c2nc(=O)[nH]o2)c1. The van der Waals surface area contributed by atoms with Crippen molar-refractivity contribution in [1.29, 1.82) is 0 Å². The van der Waals surface area contributed by atoms with Crippen LogP contribution < -0.4 is 5.69 Å². The van der Waals surface area contributed by atoms with Gasteiger partial charge in [0.05, 0.1) is 0 Å². The Morgan fingerprint density at radius 2 is 2.31 bits per heavy atom. The van der Waals surface area contributed by atoms with Crippen molar-refractivity contribution in [1.82, 2.24) is 10.1 Å². The Kier molecular flexibility index (Phi) is 1.73. The standard InChI is InChI=1S/C9H8N2O2/c1-6-3-2-4-7(5-6)8-10-9(12)11-13-8/h2-5H,1H3,(H,11,12). The number of aromatic nitrogens is 2. The first-order valence-electron chi connectivity index (χ1n) is 3.88. The van der Waals surface area contributed by atoms with Crippen LogP contribution in [-0.4, -0.2) is 10.1 Å². The topological polar surface area (TPSA) is 58.9 Å². The second-order valence-electron chi connectivity index (χ2n) is 2.80. The van der Waals surface area contributed by atoms with E-state index in [1.807, 2.05) is 31.2 Å². The molecule has 0 radical (unpaired) electrons. The Bertz CT molecular complexity index is 470. The highest BCUT2D eigenvalue weighted by Gasteiger charge is 2.03. The second-order valence-corrected chi connectivity index (χ2v) is 2.80. The zero-order valence-electron chi connectivity index (χ0n) is 7.07. The molecule has 0 amide bonds. The molecule has 0 spiro atoms. The molecule has 0 saturated heterocycles. The van der Waals surface area contributed by atoms with Gasteiger partial charge >= 0.3 is 5.69 Å². The van der Waals surface area contributed by atoms with Crippen LogP contribution in [0.2, 0.25) is 0 Å². The Balaban J connectivity index is 2.52. The molecule has 1 aromatic heterocycles. The zero-order valence-corrected chi connectivity index (χ0v) is 7.07. The number of benzene rings is 1. The Labute approximate surface area is 74.2 Å². The highest BCUT2D eigenvalue weighted by molar-refractivity contribution is 5.53. The van der Waals surface area contributed by atoms with Gasteiger partial charge in [0, 0.05) is 5.56 Å². The molecule has 1 aromatic carbocycles. The van der Waals surface area contributed by atoms with Gasteiger partial charge in [-0.3, -0.25) is 0 Å². The van der Waals surface area contributed by atoms with Gasteiger partial charge in [0.15, 0.2) is 0 Å². The van der Waals surface area contributed by atoms with Crippen LogP contribution in [0.3, 0.4) is 0 Å². The molecule has 0 aliphatic carbocycles. The van der Waals surface area contributed by atoms with Gasteiger partial charge in [-0.15, -0.1) is 0 Å². The maximum absolute atomic E-state index is 10.7. The summed E-state index contributed by atoms with van der Waals surface area (Å²) in [5.74, 6) is 0.328. The molecule has 0 aliphatic heterocycles. The van der Waals surface area contributed by atoms with Gasteiger partial charge in [-0.1, -0.05) is 17.7 Å². The summed E-state index contributed by atoms with van der Waals surface area (Å²) >= 11 is 0. The predicted octanol–water partition coefficient (Wildman–Crippen LogP) is 1.34. The van der Waals surface area contributed by atoms with E-state index in [-0.39, 0.29) is 0 Å². The highest BCUT2D eigenvalue weighted by Crippen LogP contribution is 2.15. The number of hydrogen-bond donors (Lipinski definition) is 1. The molecule has 1 heterocycles. The number of hydrogen-bond acceptors (Lipinski definition) is 3. The van der Waals surface area contributed by atoms with Gasteiger partial charge in [0.25, 0.3) is 5.89 Å². The van der Waals surface area contributed by atoms with Crippen molar-refractivity contribution in [2.24, 2.45) is 0 Å². The van der Waals surface area contributed by atoms with Crippen molar-refractivity contribution < 1.29 is 4.52 Å². The van der Waals surface area contributed by atoms with Crippen LogP contribution in [0, 0.1) is 6.92 Å². The van der Waals surface area contributed by atoms with E-state index in [1.165, 1.54) is 0 Å². The average molecular weight is 176 g/mol. The monoisotopic (exact) mass is 176 g/mol. The van der Waals surface area contributed by atoms with Crippen LogP contribution in [0.15, 0.2) is 33.6 Å². The summed E-state index contributed by atoms with van der Waals surface area (Å²) in [6.45, 7) is 1.97. The maximum atomic E-state index is 10.7. The minimum absolute atomic E-state index is 0.328. The summed E-state index contributed by atoms with van der Waals surface area (Å²) in [6, 6.07) is 7.60. The lowest BCUT2D eigenvalue weighted by atomic mass is 10.1. The van der Waals surface area contributed by atoms with E-state index >= 15 is 0 Å². The third-order valence-electron chi connectivity index (χ3n) is 1.70. The third-order valence-corrected chi connectivity index (χ3v) is 1.70. The smallest absolute Gasteiger partial charge is 0.357 e. The molecule has 0 aliphatic rings. The number of nitrogens with zero attached hydrogens (tertiary/aromatic N) is 1. The number of H-pyrrole nitrogens is 1. The summed E-state index contributed by atoms with van der Waals surface area (Å²) in [7, 11) is 0. The Hall–Kier alpha value is -1.84. The normalized spacial score (nSPS) is 10.2. The molecular formula is C9H8N2O2. The summed E-state index contributed by atoms with van der Waals surface area (Å²) in [6.07, 6.45) is 0. The molecule has 0 unspecified atom stereocenters. The van der Waals surface area contributed by atoms with Crippen LogP contribution in [-0.2, 0) is 0 Å². The van der Waals surface area contributed by atoms with Crippen molar-refractivity contribution >= 4 is 0 Å². The number of nitrogens with one attached hydrogen (secondary N) is 1. The van der Waals surface area contributed by atoms with Crippen molar-refractivity contribution in [3.05, 3.63) is 40.3 Å². The van der Waals surface area contributed by atoms with Crippen molar-refractivity contribution in [3.63, 3.8) is 0 Å². The molecule has 2 aromatic rings. The number of aryl methyl sites for hydroxylation is 1. The van der Waals surface area contributed by atoms with Crippen LogP contribution in [0.5, 0.6) is 0 Å². The molecule has 4 nitrogen and oxygen atoms in total. The molecule has 66 valence electrons. The fourth-order valence-electron chi connectivity index (χ4n) is 1.13. The predicted molar refractivity (Wildman–Crippen MR) is 47.3 cm³/mol. The Morgan fingerprint density at radius 1 is 1.46 bits per heavy atom. The fraction of sp³-hybridized carbons (Fsp3) is 0.111. The van der Waals surface area contributed by atoms with Crippen LogP contribution >= 0.6 is 0 Å². The van der Waals surface area contributed by atoms with Gasteiger partial charge in [-0.25, -0.2) is 4.79 Å². The molecule has 0 saturated carbocycles. The zero-order chi connectivity index (χ0) is 9.26. The van der Waals surface area contributed by atoms with Gasteiger partial charge in [-0.2, -0.15) is 10.1 Å². The van der Waals surface area contributed by atoms with E-state index in [4.69, 9.17) is 4.52 Å². The van der Waals surface area contributed by atoms with Gasteiger partial charge in [0.2, 0.25) is 0 Å². The van der Waals surface area contributed by atoms with E-state index < -0.39 is 5.69 Å². The molecule has 4 heteroatoms. The molecule has 1 N–H and O–H groups in total. The Morgan fingerprint density at radius 3 is 2.92 bits per heavy atom. The summed E-state index contributed by atoms with van der Waals surface area (Å²) in [4.78, 5) is 14.3. The van der Waals surface area contributed by atoms with E-state index in [1.54, 1.807) is 0 Å². The number of aromatic amines is 1. The minimum Gasteiger partial charge on any atom is -0.357 e. The largest absolute Gasteiger partial charge is 0.377 e. The van der Waals surface area contributed by atoms with Gasteiger partial charge < -0.3 is 4.52 Å². The molecule has 0 atom stereocenters. The molecule has 0 bridgehead atoms. The van der Waals surface area contributed by atoms with E-state index in [2.05, 4.69) is 10.1 Å².